The normalized spacial score (nSPS) is 30.3. The van der Waals surface area contributed by atoms with E-state index in [0.717, 1.165) is 25.1 Å². The van der Waals surface area contributed by atoms with Crippen molar-refractivity contribution in [2.75, 3.05) is 7.11 Å². The molecule has 0 bridgehead atoms. The summed E-state index contributed by atoms with van der Waals surface area (Å²) in [7, 11) is 3.68. The quantitative estimate of drug-likeness (QED) is 0.890. The number of methoxy groups -OCH3 is 1. The molecule has 0 aliphatic heterocycles. The van der Waals surface area contributed by atoms with Crippen molar-refractivity contribution < 1.29 is 9.84 Å². The lowest BCUT2D eigenvalue weighted by atomic mass is 9.75. The molecule has 0 radical (unpaired) electrons. The predicted molar refractivity (Wildman–Crippen MR) is 70.3 cm³/mol. The van der Waals surface area contributed by atoms with Crippen molar-refractivity contribution in [2.24, 2.45) is 13.0 Å². The van der Waals surface area contributed by atoms with Crippen molar-refractivity contribution >= 4 is 0 Å². The summed E-state index contributed by atoms with van der Waals surface area (Å²) in [5.41, 5.74) is -0.385. The molecule has 1 saturated carbocycles. The second-order valence-electron chi connectivity index (χ2n) is 5.64. The fourth-order valence-electron chi connectivity index (χ4n) is 3.12. The van der Waals surface area contributed by atoms with Gasteiger partial charge in [-0.1, -0.05) is 19.8 Å². The number of hydrogen-bond donors (Lipinski definition) is 1. The summed E-state index contributed by atoms with van der Waals surface area (Å²) in [4.78, 5) is 4.28. The van der Waals surface area contributed by atoms with Crippen LogP contribution in [0.1, 0.15) is 38.4 Å². The third-order valence-corrected chi connectivity index (χ3v) is 4.30. The molecule has 18 heavy (non-hydrogen) atoms. The van der Waals surface area contributed by atoms with E-state index >= 15 is 0 Å². The Morgan fingerprint density at radius 1 is 1.67 bits per heavy atom. The molecule has 1 aliphatic rings. The van der Waals surface area contributed by atoms with Crippen molar-refractivity contribution in [3.8, 4) is 0 Å². The molecule has 1 fully saturated rings. The van der Waals surface area contributed by atoms with Crippen LogP contribution in [0.2, 0.25) is 0 Å². The van der Waals surface area contributed by atoms with Gasteiger partial charge in [-0.15, -0.1) is 0 Å². The van der Waals surface area contributed by atoms with Gasteiger partial charge in [-0.05, 0) is 18.8 Å². The summed E-state index contributed by atoms with van der Waals surface area (Å²) >= 11 is 0. The zero-order valence-electron chi connectivity index (χ0n) is 11.6. The first-order chi connectivity index (χ1) is 8.57. The van der Waals surface area contributed by atoms with Crippen molar-refractivity contribution in [2.45, 2.75) is 50.7 Å². The lowest BCUT2D eigenvalue weighted by molar-refractivity contribution is -0.131. The van der Waals surface area contributed by atoms with Crippen molar-refractivity contribution in [1.82, 2.24) is 9.55 Å². The number of hydrogen-bond acceptors (Lipinski definition) is 3. The fraction of sp³-hybridized carbons (Fsp3) is 0.786. The van der Waals surface area contributed by atoms with Gasteiger partial charge < -0.3 is 14.4 Å². The monoisotopic (exact) mass is 252 g/mol. The first-order valence-corrected chi connectivity index (χ1v) is 6.77. The van der Waals surface area contributed by atoms with Crippen molar-refractivity contribution in [3.63, 3.8) is 0 Å². The largest absolute Gasteiger partial charge is 0.390 e. The van der Waals surface area contributed by atoms with E-state index in [1.165, 1.54) is 6.42 Å². The highest BCUT2D eigenvalue weighted by atomic mass is 16.5. The Morgan fingerprint density at radius 2 is 2.44 bits per heavy atom. The Bertz CT molecular complexity index is 391. The van der Waals surface area contributed by atoms with Gasteiger partial charge in [0.05, 0.1) is 11.7 Å². The molecule has 0 aromatic carbocycles. The molecule has 1 aliphatic carbocycles. The molecule has 1 heterocycles. The van der Waals surface area contributed by atoms with Gasteiger partial charge >= 0.3 is 0 Å². The van der Waals surface area contributed by atoms with Crippen LogP contribution in [-0.4, -0.2) is 33.5 Å². The van der Waals surface area contributed by atoms with Crippen LogP contribution in [0.4, 0.5) is 0 Å². The maximum absolute atomic E-state index is 10.6. The summed E-state index contributed by atoms with van der Waals surface area (Å²) in [6.07, 6.45) is 8.01. The Kier molecular flexibility index (Phi) is 4.07. The van der Waals surface area contributed by atoms with E-state index in [9.17, 15) is 5.11 Å². The molecule has 102 valence electrons. The van der Waals surface area contributed by atoms with Crippen LogP contribution in [0.5, 0.6) is 0 Å². The Morgan fingerprint density at radius 3 is 3.00 bits per heavy atom. The molecular formula is C14H24N2O2. The third kappa shape index (κ3) is 2.59. The molecule has 3 atom stereocenters. The van der Waals surface area contributed by atoms with Crippen LogP contribution in [0, 0.1) is 5.92 Å². The van der Waals surface area contributed by atoms with E-state index in [0.29, 0.717) is 12.3 Å². The van der Waals surface area contributed by atoms with E-state index in [2.05, 4.69) is 11.9 Å². The van der Waals surface area contributed by atoms with Crippen molar-refractivity contribution in [3.05, 3.63) is 18.2 Å². The van der Waals surface area contributed by atoms with Gasteiger partial charge in [-0.2, -0.15) is 0 Å². The number of ether oxygens (including phenoxy) is 1. The van der Waals surface area contributed by atoms with Crippen LogP contribution < -0.4 is 0 Å². The number of imidazole rings is 1. The predicted octanol–water partition coefficient (Wildman–Crippen LogP) is 1.92. The lowest BCUT2D eigenvalue weighted by Crippen LogP contribution is -2.48. The van der Waals surface area contributed by atoms with E-state index in [1.807, 2.05) is 17.8 Å². The molecular weight excluding hydrogens is 228 g/mol. The minimum absolute atomic E-state index is 0.385. The lowest BCUT2D eigenvalue weighted by Gasteiger charge is -2.42. The van der Waals surface area contributed by atoms with Gasteiger partial charge in [-0.25, -0.2) is 4.98 Å². The number of aliphatic hydroxyl groups excluding tert-OH is 1. The second kappa shape index (κ2) is 5.41. The first-order valence-electron chi connectivity index (χ1n) is 6.77. The molecule has 1 N–H and O–H groups in total. The maximum atomic E-state index is 10.6. The van der Waals surface area contributed by atoms with Crippen LogP contribution in [-0.2, 0) is 18.2 Å². The van der Waals surface area contributed by atoms with Crippen LogP contribution in [0.3, 0.4) is 0 Å². The maximum Gasteiger partial charge on any atom is 0.111 e. The van der Waals surface area contributed by atoms with Gasteiger partial charge in [0.1, 0.15) is 5.82 Å². The topological polar surface area (TPSA) is 47.3 Å². The summed E-state index contributed by atoms with van der Waals surface area (Å²) in [6, 6.07) is 0. The number of rotatable bonds is 4. The minimum Gasteiger partial charge on any atom is -0.390 e. The highest BCUT2D eigenvalue weighted by Gasteiger charge is 2.41. The van der Waals surface area contributed by atoms with E-state index in [1.54, 1.807) is 13.3 Å². The molecule has 1 aromatic heterocycles. The van der Waals surface area contributed by atoms with Gasteiger partial charge in [0.25, 0.3) is 0 Å². The Hall–Kier alpha value is -0.870. The van der Waals surface area contributed by atoms with E-state index < -0.39 is 6.10 Å². The smallest absolute Gasteiger partial charge is 0.111 e. The third-order valence-electron chi connectivity index (χ3n) is 4.30. The molecule has 3 unspecified atom stereocenters. The number of aryl methyl sites for hydroxylation is 1. The standard InChI is InChI=1S/C14H24N2O2/c1-11-5-4-6-14(10-11,18-3)12(17)9-13-15-7-8-16(13)2/h7-8,11-12,17H,4-6,9-10H2,1-3H3. The highest BCUT2D eigenvalue weighted by Crippen LogP contribution is 2.38. The summed E-state index contributed by atoms with van der Waals surface area (Å²) in [6.45, 7) is 2.24. The number of aliphatic hydroxyl groups is 1. The molecule has 0 saturated heterocycles. The number of aromatic nitrogens is 2. The summed E-state index contributed by atoms with van der Waals surface area (Å²) < 4.78 is 7.67. The molecule has 0 spiro atoms. The highest BCUT2D eigenvalue weighted by molar-refractivity contribution is 5.00. The van der Waals surface area contributed by atoms with Crippen molar-refractivity contribution in [1.29, 1.82) is 0 Å². The molecule has 1 aromatic rings. The average Bonchev–Trinajstić information content (AvgIpc) is 2.75. The van der Waals surface area contributed by atoms with Gasteiger partial charge in [-0.3, -0.25) is 0 Å². The molecule has 4 heteroatoms. The van der Waals surface area contributed by atoms with Crippen LogP contribution in [0.15, 0.2) is 12.4 Å². The summed E-state index contributed by atoms with van der Waals surface area (Å²) in [5.74, 6) is 1.53. The Balaban J connectivity index is 2.09. The van der Waals surface area contributed by atoms with Gasteiger partial charge in [0, 0.05) is 33.0 Å². The van der Waals surface area contributed by atoms with Gasteiger partial charge in [0.2, 0.25) is 0 Å². The first kappa shape index (κ1) is 13.6. The van der Waals surface area contributed by atoms with Crippen LogP contribution >= 0.6 is 0 Å². The fourth-order valence-corrected chi connectivity index (χ4v) is 3.12. The van der Waals surface area contributed by atoms with Gasteiger partial charge in [0.15, 0.2) is 0 Å². The zero-order chi connectivity index (χ0) is 13.2. The molecule has 0 amide bonds. The number of nitrogens with zero attached hydrogens (tertiary/aromatic N) is 2. The van der Waals surface area contributed by atoms with E-state index in [4.69, 9.17) is 4.74 Å². The minimum atomic E-state index is -0.480. The molecule has 2 rings (SSSR count). The SMILES string of the molecule is COC1(C(O)Cc2nccn2C)CCCC(C)C1. The molecule has 4 nitrogen and oxygen atoms in total. The van der Waals surface area contributed by atoms with Crippen LogP contribution in [0.25, 0.3) is 0 Å². The summed E-state index contributed by atoms with van der Waals surface area (Å²) in [5, 5.41) is 10.6. The zero-order valence-corrected chi connectivity index (χ0v) is 11.6. The average molecular weight is 252 g/mol. The Labute approximate surface area is 109 Å². The second-order valence-corrected chi connectivity index (χ2v) is 5.64. The van der Waals surface area contributed by atoms with E-state index in [-0.39, 0.29) is 5.60 Å².